The zero-order valence-electron chi connectivity index (χ0n) is 17.4. The van der Waals surface area contributed by atoms with Gasteiger partial charge in [-0.2, -0.15) is 18.2 Å². The number of hydrogen-bond acceptors (Lipinski definition) is 5. The van der Waals surface area contributed by atoms with E-state index in [4.69, 9.17) is 22.1 Å². The number of nitrogen functional groups attached to an aromatic ring is 1. The van der Waals surface area contributed by atoms with Crippen LogP contribution < -0.4 is 10.5 Å². The topological polar surface area (TPSA) is 80.1 Å². The lowest BCUT2D eigenvalue weighted by Crippen LogP contribution is -2.38. The van der Waals surface area contributed by atoms with Crippen molar-refractivity contribution in [3.05, 3.63) is 58.4 Å². The number of benzene rings is 2. The zero-order valence-corrected chi connectivity index (χ0v) is 18.2. The lowest BCUT2D eigenvalue weighted by Gasteiger charge is -2.30. The number of nitrogens with zero attached hydrogens (tertiary/aromatic N) is 3. The maximum atomic E-state index is 13.9. The number of rotatable bonds is 5. The Morgan fingerprint density at radius 1 is 1.25 bits per heavy atom. The van der Waals surface area contributed by atoms with E-state index in [1.807, 2.05) is 7.05 Å². The summed E-state index contributed by atoms with van der Waals surface area (Å²) in [5, 5.41) is 6.30. The summed E-state index contributed by atoms with van der Waals surface area (Å²) < 4.78 is 47.8. The molecule has 1 aromatic heterocycles. The Morgan fingerprint density at radius 3 is 2.62 bits per heavy atom. The van der Waals surface area contributed by atoms with E-state index in [-0.39, 0.29) is 29.1 Å². The van der Waals surface area contributed by atoms with Gasteiger partial charge in [0.05, 0.1) is 5.56 Å². The highest BCUT2D eigenvalue weighted by Crippen LogP contribution is 2.42. The number of piperidine rings is 1. The van der Waals surface area contributed by atoms with E-state index < -0.39 is 11.7 Å². The minimum Gasteiger partial charge on any atom is -0.489 e. The Labute approximate surface area is 188 Å². The summed E-state index contributed by atoms with van der Waals surface area (Å²) in [6.07, 6.45) is -2.42. The van der Waals surface area contributed by atoms with Crippen LogP contribution in [0.2, 0.25) is 5.02 Å². The molecule has 2 heterocycles. The van der Waals surface area contributed by atoms with Crippen molar-refractivity contribution in [2.45, 2.75) is 31.5 Å². The summed E-state index contributed by atoms with van der Waals surface area (Å²) in [6.45, 7) is 1.86. The Hall–Kier alpha value is -2.78. The van der Waals surface area contributed by atoms with Crippen LogP contribution in [-0.4, -0.2) is 46.3 Å². The van der Waals surface area contributed by atoms with Crippen LogP contribution in [0.3, 0.4) is 0 Å². The zero-order chi connectivity index (χ0) is 22.9. The molecule has 1 aliphatic rings. The van der Waals surface area contributed by atoms with Gasteiger partial charge in [-0.1, -0.05) is 23.7 Å². The van der Waals surface area contributed by atoms with Crippen LogP contribution in [0.5, 0.6) is 5.75 Å². The number of aromatic nitrogens is 3. The van der Waals surface area contributed by atoms with Crippen molar-refractivity contribution in [2.75, 3.05) is 25.9 Å². The Morgan fingerprint density at radius 2 is 2.00 bits per heavy atom. The van der Waals surface area contributed by atoms with Gasteiger partial charge in [0.15, 0.2) is 0 Å². The van der Waals surface area contributed by atoms with Crippen LogP contribution in [0.15, 0.2) is 36.4 Å². The van der Waals surface area contributed by atoms with Gasteiger partial charge in [0.1, 0.15) is 17.7 Å². The van der Waals surface area contributed by atoms with Crippen LogP contribution in [-0.2, 0) is 12.6 Å². The fraction of sp³-hybridized carbons (Fsp3) is 0.364. The van der Waals surface area contributed by atoms with Gasteiger partial charge in [0.2, 0.25) is 5.95 Å². The molecule has 170 valence electrons. The smallest absolute Gasteiger partial charge is 0.417 e. The molecule has 6 nitrogen and oxygen atoms in total. The number of ether oxygens (including phenoxy) is 1. The van der Waals surface area contributed by atoms with Crippen molar-refractivity contribution in [3.8, 4) is 16.9 Å². The summed E-state index contributed by atoms with van der Waals surface area (Å²) in [4.78, 5) is 6.14. The Balaban J connectivity index is 1.61. The average Bonchev–Trinajstić information content (AvgIpc) is 3.12. The molecular weight excluding hydrogens is 443 g/mol. The van der Waals surface area contributed by atoms with Crippen LogP contribution in [0.1, 0.15) is 29.8 Å². The molecule has 1 saturated heterocycles. The van der Waals surface area contributed by atoms with Gasteiger partial charge in [-0.05, 0) is 61.8 Å². The van der Waals surface area contributed by atoms with Crippen LogP contribution in [0.25, 0.3) is 11.1 Å². The molecule has 0 spiro atoms. The molecular formula is C22H23ClF3N5O. The first-order valence-corrected chi connectivity index (χ1v) is 10.6. The van der Waals surface area contributed by atoms with Crippen molar-refractivity contribution >= 4 is 17.5 Å². The van der Waals surface area contributed by atoms with Crippen LogP contribution in [0.4, 0.5) is 19.1 Å². The first kappa shape index (κ1) is 22.4. The predicted molar refractivity (Wildman–Crippen MR) is 117 cm³/mol. The number of H-pyrrole nitrogens is 1. The summed E-state index contributed by atoms with van der Waals surface area (Å²) in [6, 6.07) is 9.18. The number of nitrogens with one attached hydrogen (secondary N) is 1. The van der Waals surface area contributed by atoms with Crippen LogP contribution >= 0.6 is 11.6 Å². The number of anilines is 1. The standard InChI is InChI=1S/C22H23ClF3N5O/c1-31-8-2-3-16(12-31)32-15-6-4-14(5-7-15)20-17(22(24,25)26)9-13(10-18(20)23)11-19-28-21(27)30-29-19/h4-7,9-10,16H,2-3,8,11-12H2,1H3,(H3,27,28,29,30). The van der Waals surface area contributed by atoms with E-state index in [1.165, 1.54) is 6.07 Å². The second-order valence-corrected chi connectivity index (χ2v) is 8.39. The molecule has 1 atom stereocenters. The predicted octanol–water partition coefficient (Wildman–Crippen LogP) is 4.79. The summed E-state index contributed by atoms with van der Waals surface area (Å²) in [5.74, 6) is 1.01. The second-order valence-electron chi connectivity index (χ2n) is 7.98. The number of nitrogens with two attached hydrogens (primary N) is 1. The highest BCUT2D eigenvalue weighted by atomic mass is 35.5. The number of alkyl halides is 3. The third-order valence-corrected chi connectivity index (χ3v) is 5.70. The molecule has 1 aliphatic heterocycles. The third kappa shape index (κ3) is 5.16. The Kier molecular flexibility index (Phi) is 6.30. The van der Waals surface area contributed by atoms with Gasteiger partial charge in [0, 0.05) is 23.6 Å². The first-order valence-electron chi connectivity index (χ1n) is 10.2. The van der Waals surface area contributed by atoms with E-state index in [2.05, 4.69) is 20.1 Å². The maximum Gasteiger partial charge on any atom is 0.417 e. The number of aromatic amines is 1. The average molecular weight is 466 g/mol. The molecule has 3 aromatic rings. The fourth-order valence-corrected chi connectivity index (χ4v) is 4.32. The molecule has 1 unspecified atom stereocenters. The lowest BCUT2D eigenvalue weighted by molar-refractivity contribution is -0.137. The maximum absolute atomic E-state index is 13.9. The minimum atomic E-state index is -4.59. The van der Waals surface area contributed by atoms with Crippen molar-refractivity contribution in [3.63, 3.8) is 0 Å². The van der Waals surface area contributed by atoms with Gasteiger partial charge >= 0.3 is 6.18 Å². The first-order chi connectivity index (χ1) is 15.2. The monoisotopic (exact) mass is 465 g/mol. The number of likely N-dealkylation sites (tertiary alicyclic amines) is 1. The van der Waals surface area contributed by atoms with E-state index in [0.29, 0.717) is 22.7 Å². The fourth-order valence-electron chi connectivity index (χ4n) is 3.97. The van der Waals surface area contributed by atoms with E-state index >= 15 is 0 Å². The molecule has 2 aromatic carbocycles. The summed E-state index contributed by atoms with van der Waals surface area (Å²) in [7, 11) is 2.04. The van der Waals surface area contributed by atoms with E-state index in [9.17, 15) is 13.2 Å². The molecule has 32 heavy (non-hydrogen) atoms. The second kappa shape index (κ2) is 8.99. The summed E-state index contributed by atoms with van der Waals surface area (Å²) >= 11 is 6.35. The molecule has 0 bridgehead atoms. The highest BCUT2D eigenvalue weighted by Gasteiger charge is 2.35. The molecule has 0 radical (unpaired) electrons. The Bertz CT molecular complexity index is 1080. The van der Waals surface area contributed by atoms with E-state index in [0.717, 1.165) is 32.0 Å². The molecule has 4 rings (SSSR count). The molecule has 1 fully saturated rings. The lowest BCUT2D eigenvalue weighted by atomic mass is 9.95. The number of hydrogen-bond donors (Lipinski definition) is 2. The molecule has 3 N–H and O–H groups in total. The molecule has 0 aliphatic carbocycles. The van der Waals surface area contributed by atoms with Gasteiger partial charge in [-0.3, -0.25) is 5.10 Å². The van der Waals surface area contributed by atoms with Crippen LogP contribution in [0, 0.1) is 0 Å². The van der Waals surface area contributed by atoms with Gasteiger partial charge in [0.25, 0.3) is 0 Å². The van der Waals surface area contributed by atoms with Crippen molar-refractivity contribution < 1.29 is 17.9 Å². The normalized spacial score (nSPS) is 17.5. The summed E-state index contributed by atoms with van der Waals surface area (Å²) in [5.41, 5.74) is 5.31. The number of likely N-dealkylation sites (N-methyl/N-ethyl adjacent to an activating group) is 1. The SMILES string of the molecule is CN1CCCC(Oc2ccc(-c3c(Cl)cc(Cc4nc(N)n[nH]4)cc3C(F)(F)F)cc2)C1. The van der Waals surface area contributed by atoms with Crippen molar-refractivity contribution in [1.29, 1.82) is 0 Å². The van der Waals surface area contributed by atoms with Crippen molar-refractivity contribution in [1.82, 2.24) is 20.1 Å². The third-order valence-electron chi connectivity index (χ3n) is 5.40. The largest absolute Gasteiger partial charge is 0.489 e. The van der Waals surface area contributed by atoms with Gasteiger partial charge in [-0.15, -0.1) is 5.10 Å². The van der Waals surface area contributed by atoms with E-state index in [1.54, 1.807) is 24.3 Å². The van der Waals surface area contributed by atoms with Gasteiger partial charge < -0.3 is 15.4 Å². The van der Waals surface area contributed by atoms with Gasteiger partial charge in [-0.25, -0.2) is 0 Å². The quantitative estimate of drug-likeness (QED) is 0.566. The van der Waals surface area contributed by atoms with Crippen molar-refractivity contribution in [2.24, 2.45) is 0 Å². The molecule has 0 amide bonds. The minimum absolute atomic E-state index is 0.00452. The molecule has 10 heteroatoms. The molecule has 0 saturated carbocycles. The highest BCUT2D eigenvalue weighted by molar-refractivity contribution is 6.33. The number of halogens is 4.